The van der Waals surface area contributed by atoms with Crippen molar-refractivity contribution in [3.05, 3.63) is 72.3 Å². The second-order valence-electron chi connectivity index (χ2n) is 6.93. The molecule has 1 amide bonds. The molecule has 0 atom stereocenters. The third-order valence-electron chi connectivity index (χ3n) is 5.13. The van der Waals surface area contributed by atoms with Gasteiger partial charge >= 0.3 is 0 Å². The number of para-hydroxylation sites is 1. The number of thioether (sulfide) groups is 1. The third-order valence-corrected chi connectivity index (χ3v) is 6.14. The van der Waals surface area contributed by atoms with Gasteiger partial charge in [0.25, 0.3) is 5.91 Å². The summed E-state index contributed by atoms with van der Waals surface area (Å²) in [6.45, 7) is 2.98. The van der Waals surface area contributed by atoms with Gasteiger partial charge in [0.2, 0.25) is 5.84 Å². The van der Waals surface area contributed by atoms with E-state index in [1.807, 2.05) is 36.4 Å². The van der Waals surface area contributed by atoms with Crippen LogP contribution in [-0.4, -0.2) is 22.1 Å². The number of hydrogen-bond acceptors (Lipinski definition) is 4. The monoisotopic (exact) mass is 431 g/mol. The number of hydrazone groups is 1. The molecule has 0 saturated heterocycles. The number of rotatable bonds is 6. The maximum absolute atomic E-state index is 12.8. The van der Waals surface area contributed by atoms with Crippen LogP contribution in [0.2, 0.25) is 0 Å². The number of nitrogens with two attached hydrogens (primary N) is 2. The average molecular weight is 432 g/mol. The van der Waals surface area contributed by atoms with Gasteiger partial charge in [-0.1, -0.05) is 24.3 Å². The second-order valence-corrected chi connectivity index (χ2v) is 7.98. The minimum absolute atomic E-state index is 0.156. The molecule has 0 bridgehead atoms. The molecule has 0 radical (unpaired) electrons. The van der Waals surface area contributed by atoms with Crippen molar-refractivity contribution in [3.8, 4) is 0 Å². The maximum Gasteiger partial charge on any atom is 0.255 e. The van der Waals surface area contributed by atoms with Crippen molar-refractivity contribution in [2.75, 3.05) is 11.1 Å². The topological polar surface area (TPSA) is 110 Å². The lowest BCUT2D eigenvalue weighted by atomic mass is 10.1. The van der Waals surface area contributed by atoms with Crippen molar-refractivity contribution in [2.24, 2.45) is 16.1 Å². The zero-order chi connectivity index (χ0) is 21.8. The van der Waals surface area contributed by atoms with E-state index < -0.39 is 0 Å². The fourth-order valence-electron chi connectivity index (χ4n) is 3.63. The first-order chi connectivity index (χ1) is 15.1. The van der Waals surface area contributed by atoms with Crippen molar-refractivity contribution in [2.45, 2.75) is 18.4 Å². The van der Waals surface area contributed by atoms with Gasteiger partial charge in [0.15, 0.2) is 0 Å². The Morgan fingerprint density at radius 1 is 1.06 bits per heavy atom. The number of carbonyl (C=O) groups excluding carboxylic acids is 1. The fraction of sp³-hybridized carbons (Fsp3) is 0.130. The minimum Gasteiger partial charge on any atom is -0.341 e. The second kappa shape index (κ2) is 9.01. The molecule has 0 fully saturated rings. The highest BCUT2D eigenvalue weighted by Gasteiger charge is 2.12. The predicted molar refractivity (Wildman–Crippen MR) is 126 cm³/mol. The number of aryl methyl sites for hydroxylation is 1. The highest BCUT2D eigenvalue weighted by molar-refractivity contribution is 8.00. The van der Waals surface area contributed by atoms with Crippen molar-refractivity contribution in [1.29, 1.82) is 0 Å². The van der Waals surface area contributed by atoms with Crippen molar-refractivity contribution in [3.63, 3.8) is 0 Å². The number of anilines is 1. The van der Waals surface area contributed by atoms with E-state index in [-0.39, 0.29) is 5.91 Å². The van der Waals surface area contributed by atoms with Gasteiger partial charge in [-0.05, 0) is 49.4 Å². The molecule has 0 unspecified atom stereocenters. The molecule has 5 N–H and O–H groups in total. The molecule has 0 spiro atoms. The first-order valence-corrected chi connectivity index (χ1v) is 10.9. The van der Waals surface area contributed by atoms with Crippen LogP contribution in [0.3, 0.4) is 0 Å². The quantitative estimate of drug-likeness (QED) is 0.108. The summed E-state index contributed by atoms with van der Waals surface area (Å²) >= 11 is 1.49. The highest BCUT2D eigenvalue weighted by atomic mass is 32.2. The van der Waals surface area contributed by atoms with Crippen LogP contribution in [0.1, 0.15) is 17.3 Å². The standard InChI is InChI=1S/C23H22N6OS/c1-2-29-20-6-4-3-5-18(20)19-12-9-16(13-21(19)29)26-23(30)15-7-10-17(11-8-15)31-14-22(27-24)28-25/h3-13,24H,2,14,25H2,1H3,(H,26,30)/p+1/b27-24?,28-22-. The van der Waals surface area contributed by atoms with Gasteiger partial charge in [-0.2, -0.15) is 10.6 Å². The van der Waals surface area contributed by atoms with Gasteiger partial charge in [-0.3, -0.25) is 4.79 Å². The summed E-state index contributed by atoms with van der Waals surface area (Å²) in [6, 6.07) is 21.7. The van der Waals surface area contributed by atoms with Gasteiger partial charge in [0.1, 0.15) is 0 Å². The number of nitrogens with zero attached hydrogens (tertiary/aromatic N) is 3. The first kappa shape index (κ1) is 20.6. The van der Waals surface area contributed by atoms with Crippen LogP contribution in [0.25, 0.3) is 21.8 Å². The Balaban J connectivity index is 1.53. The SMILES string of the molecule is CCn1c2ccccc2c2ccc(NC(=O)c3ccc(SC/C(N=[NH2+])=N/N)cc3)cc21. The lowest BCUT2D eigenvalue weighted by Gasteiger charge is -2.08. The number of fused-ring (bicyclic) bond motifs is 3. The summed E-state index contributed by atoms with van der Waals surface area (Å²) in [5.41, 5.74) is 8.86. The molecular formula is C23H23N6OS+. The van der Waals surface area contributed by atoms with E-state index in [2.05, 4.69) is 45.2 Å². The van der Waals surface area contributed by atoms with Gasteiger partial charge in [-0.15, -0.1) is 11.8 Å². The zero-order valence-corrected chi connectivity index (χ0v) is 17.9. The van der Waals surface area contributed by atoms with E-state index in [1.54, 1.807) is 12.1 Å². The Morgan fingerprint density at radius 3 is 2.52 bits per heavy atom. The van der Waals surface area contributed by atoms with Crippen molar-refractivity contribution < 1.29 is 10.3 Å². The third kappa shape index (κ3) is 4.15. The molecule has 1 aromatic heterocycles. The first-order valence-electron chi connectivity index (χ1n) is 9.87. The molecule has 1 heterocycles. The van der Waals surface area contributed by atoms with Gasteiger partial charge < -0.3 is 15.7 Å². The molecule has 8 heteroatoms. The van der Waals surface area contributed by atoms with Crippen LogP contribution < -0.4 is 16.7 Å². The van der Waals surface area contributed by atoms with E-state index in [0.29, 0.717) is 17.2 Å². The Bertz CT molecular complexity index is 1290. The Morgan fingerprint density at radius 2 is 1.81 bits per heavy atom. The molecule has 7 nitrogen and oxygen atoms in total. The highest BCUT2D eigenvalue weighted by Crippen LogP contribution is 2.31. The van der Waals surface area contributed by atoms with Crippen molar-refractivity contribution >= 4 is 51.0 Å². The summed E-state index contributed by atoms with van der Waals surface area (Å²) in [5.74, 6) is 5.88. The number of aromatic nitrogens is 1. The Labute approximate surface area is 183 Å². The molecule has 156 valence electrons. The largest absolute Gasteiger partial charge is 0.341 e. The predicted octanol–water partition coefficient (Wildman–Crippen LogP) is 3.64. The lowest BCUT2D eigenvalue weighted by molar-refractivity contribution is -0.207. The van der Waals surface area contributed by atoms with Crippen LogP contribution in [0.4, 0.5) is 5.69 Å². The Kier molecular flexibility index (Phi) is 5.99. The van der Waals surface area contributed by atoms with E-state index in [9.17, 15) is 4.79 Å². The molecule has 31 heavy (non-hydrogen) atoms. The molecular weight excluding hydrogens is 408 g/mol. The lowest BCUT2D eigenvalue weighted by Crippen LogP contribution is -2.27. The minimum atomic E-state index is -0.156. The summed E-state index contributed by atoms with van der Waals surface area (Å²) < 4.78 is 2.26. The van der Waals surface area contributed by atoms with Crippen LogP contribution in [0.15, 0.2) is 81.8 Å². The van der Waals surface area contributed by atoms with Gasteiger partial charge in [0, 0.05) is 44.1 Å². The van der Waals surface area contributed by atoms with Crippen molar-refractivity contribution in [1.82, 2.24) is 4.57 Å². The molecule has 0 aliphatic rings. The molecule has 3 aromatic carbocycles. The van der Waals surface area contributed by atoms with Crippen LogP contribution in [0, 0.1) is 0 Å². The Hall–Kier alpha value is -3.65. The van der Waals surface area contributed by atoms with Gasteiger partial charge in [0.05, 0.1) is 11.3 Å². The number of carbonyl (C=O) groups is 1. The van der Waals surface area contributed by atoms with Crippen LogP contribution >= 0.6 is 11.8 Å². The summed E-state index contributed by atoms with van der Waals surface area (Å²) in [5, 5.41) is 12.4. The summed E-state index contributed by atoms with van der Waals surface area (Å²) in [7, 11) is 0. The molecule has 4 rings (SSSR count). The number of amidine groups is 1. The molecule has 0 aliphatic carbocycles. The fourth-order valence-corrected chi connectivity index (χ4v) is 4.40. The molecule has 0 saturated carbocycles. The maximum atomic E-state index is 12.8. The number of hydrogen-bond donors (Lipinski definition) is 3. The molecule has 0 aliphatic heterocycles. The zero-order valence-electron chi connectivity index (χ0n) is 17.1. The van der Waals surface area contributed by atoms with E-state index in [1.165, 1.54) is 28.1 Å². The van der Waals surface area contributed by atoms with Crippen LogP contribution in [-0.2, 0) is 6.54 Å². The average Bonchev–Trinajstić information content (AvgIpc) is 3.13. The van der Waals surface area contributed by atoms with Crippen LogP contribution in [0.5, 0.6) is 0 Å². The summed E-state index contributed by atoms with van der Waals surface area (Å²) in [4.78, 5) is 13.7. The normalized spacial score (nSPS) is 11.7. The van der Waals surface area contributed by atoms with E-state index in [4.69, 9.17) is 11.4 Å². The summed E-state index contributed by atoms with van der Waals surface area (Å²) in [6.07, 6.45) is 0. The number of amides is 1. The number of benzene rings is 3. The molecule has 4 aromatic rings. The van der Waals surface area contributed by atoms with Gasteiger partial charge in [-0.25, -0.2) is 0 Å². The smallest absolute Gasteiger partial charge is 0.255 e. The van der Waals surface area contributed by atoms with E-state index in [0.717, 1.165) is 22.6 Å². The number of nitrogens with one attached hydrogen (secondary N) is 1. The van der Waals surface area contributed by atoms with E-state index >= 15 is 0 Å².